The molecule has 0 aliphatic carbocycles. The average Bonchev–Trinajstić information content (AvgIpc) is 3.27. The summed E-state index contributed by atoms with van der Waals surface area (Å²) >= 11 is 0. The van der Waals surface area contributed by atoms with Crippen molar-refractivity contribution in [2.45, 2.75) is 13.5 Å². The van der Waals surface area contributed by atoms with Crippen molar-refractivity contribution in [3.63, 3.8) is 0 Å². The third-order valence-corrected chi connectivity index (χ3v) is 6.68. The molecule has 0 aliphatic heterocycles. The molecule has 2 heterocycles. The molecule has 40 heavy (non-hydrogen) atoms. The molecule has 10 heteroatoms. The van der Waals surface area contributed by atoms with Gasteiger partial charge in [0, 0.05) is 47.8 Å². The first-order chi connectivity index (χ1) is 19.3. The van der Waals surface area contributed by atoms with Crippen LogP contribution in [0.25, 0.3) is 32.9 Å². The molecule has 0 radical (unpaired) electrons. The Bertz CT molecular complexity index is 1760. The van der Waals surface area contributed by atoms with Gasteiger partial charge in [-0.3, -0.25) is 9.55 Å². The average molecular weight is 543 g/mol. The minimum atomic E-state index is -1.05. The number of pyridine rings is 1. The lowest BCUT2D eigenvalue weighted by molar-refractivity contribution is 0.0695. The minimum absolute atomic E-state index is 0.109. The summed E-state index contributed by atoms with van der Waals surface area (Å²) < 4.78 is 28.1. The number of aryl methyl sites for hydroxylation is 1. The van der Waals surface area contributed by atoms with Crippen molar-refractivity contribution in [1.82, 2.24) is 9.55 Å². The normalized spacial score (nSPS) is 11.2. The van der Waals surface area contributed by atoms with Crippen LogP contribution in [-0.2, 0) is 11.3 Å². The lowest BCUT2D eigenvalue weighted by Gasteiger charge is -2.13. The molecule has 0 saturated carbocycles. The van der Waals surface area contributed by atoms with Crippen LogP contribution in [0.3, 0.4) is 0 Å². The van der Waals surface area contributed by atoms with E-state index in [1.807, 2.05) is 13.0 Å². The number of rotatable bonds is 9. The summed E-state index contributed by atoms with van der Waals surface area (Å²) in [6.07, 6.45) is 3.06. The first-order valence-electron chi connectivity index (χ1n) is 12.5. The number of amides is 1. The molecule has 0 bridgehead atoms. The van der Waals surface area contributed by atoms with Crippen LogP contribution < -0.4 is 15.8 Å². The summed E-state index contributed by atoms with van der Waals surface area (Å²) in [6.45, 7) is 2.65. The molecule has 2 aromatic heterocycles. The Labute approximate surface area is 229 Å². The van der Waals surface area contributed by atoms with Gasteiger partial charge in [0.2, 0.25) is 0 Å². The van der Waals surface area contributed by atoms with Crippen LogP contribution >= 0.6 is 0 Å². The van der Waals surface area contributed by atoms with E-state index in [0.717, 1.165) is 5.56 Å². The molecule has 204 valence electrons. The van der Waals surface area contributed by atoms with Crippen LogP contribution in [0, 0.1) is 12.7 Å². The molecule has 9 nitrogen and oxygen atoms in total. The van der Waals surface area contributed by atoms with E-state index in [9.17, 15) is 14.7 Å². The standard InChI is InChI=1S/C30H27FN4O5/c1-17-6-7-18(22(12-17)29(36)37)14-34-24-5-3-4-20(28(24)31)23-15-33-16-26-27(23)21-9-8-19(40-11-10-39-2)13-25(21)35(26)30(32)38/h3-9,12-13,15-16,34H,10-11,14H2,1-2H3,(H2,32,38)(H,36,37). The quantitative estimate of drug-likeness (QED) is 0.208. The molecule has 0 unspecified atom stereocenters. The van der Waals surface area contributed by atoms with Gasteiger partial charge in [-0.2, -0.15) is 0 Å². The summed E-state index contributed by atoms with van der Waals surface area (Å²) in [5, 5.41) is 13.9. The number of hydrogen-bond donors (Lipinski definition) is 3. The fourth-order valence-electron chi connectivity index (χ4n) is 4.82. The van der Waals surface area contributed by atoms with E-state index in [0.29, 0.717) is 51.9 Å². The molecule has 0 fully saturated rings. The highest BCUT2D eigenvalue weighted by Crippen LogP contribution is 2.39. The molecule has 0 saturated heterocycles. The molecule has 4 N–H and O–H groups in total. The lowest BCUT2D eigenvalue weighted by atomic mass is 10.00. The molecule has 0 aliphatic rings. The van der Waals surface area contributed by atoms with Gasteiger partial charge in [0.25, 0.3) is 0 Å². The number of carboxylic acid groups (broad SMARTS) is 1. The van der Waals surface area contributed by atoms with Gasteiger partial charge in [-0.05, 0) is 36.8 Å². The molecule has 0 atom stereocenters. The van der Waals surface area contributed by atoms with Gasteiger partial charge in [0.1, 0.15) is 12.4 Å². The van der Waals surface area contributed by atoms with E-state index in [1.54, 1.807) is 61.8 Å². The van der Waals surface area contributed by atoms with Crippen LogP contribution in [0.5, 0.6) is 5.75 Å². The Morgan fingerprint density at radius 3 is 2.62 bits per heavy atom. The smallest absolute Gasteiger partial charge is 0.336 e. The summed E-state index contributed by atoms with van der Waals surface area (Å²) in [6, 6.07) is 14.6. The number of aromatic nitrogens is 2. The SMILES string of the molecule is COCCOc1ccc2c3c(-c4cccc(NCc5ccc(C)cc5C(=O)O)c4F)cncc3n(C(N)=O)c2c1. The van der Waals surface area contributed by atoms with Crippen molar-refractivity contribution in [2.75, 3.05) is 25.6 Å². The third-order valence-electron chi connectivity index (χ3n) is 6.68. The number of hydrogen-bond acceptors (Lipinski definition) is 6. The summed E-state index contributed by atoms with van der Waals surface area (Å²) in [4.78, 5) is 28.5. The highest BCUT2D eigenvalue weighted by atomic mass is 19.1. The zero-order chi connectivity index (χ0) is 28.4. The lowest BCUT2D eigenvalue weighted by Crippen LogP contribution is -2.19. The first-order valence-corrected chi connectivity index (χ1v) is 12.5. The topological polar surface area (TPSA) is 129 Å². The highest BCUT2D eigenvalue weighted by Gasteiger charge is 2.21. The minimum Gasteiger partial charge on any atom is -0.491 e. The first kappa shape index (κ1) is 26.6. The molecular weight excluding hydrogens is 515 g/mol. The van der Waals surface area contributed by atoms with Crippen molar-refractivity contribution in [3.05, 3.63) is 89.5 Å². The molecule has 5 aromatic rings. The number of carboxylic acids is 1. The van der Waals surface area contributed by atoms with Crippen LogP contribution in [0.4, 0.5) is 14.9 Å². The van der Waals surface area contributed by atoms with Crippen LogP contribution in [0.1, 0.15) is 21.5 Å². The number of anilines is 1. The number of carbonyl (C=O) groups is 2. The van der Waals surface area contributed by atoms with E-state index in [-0.39, 0.29) is 23.4 Å². The predicted molar refractivity (Wildman–Crippen MR) is 150 cm³/mol. The maximum atomic E-state index is 16.0. The van der Waals surface area contributed by atoms with Crippen molar-refractivity contribution in [3.8, 4) is 16.9 Å². The summed E-state index contributed by atoms with van der Waals surface area (Å²) in [7, 11) is 1.57. The molecule has 0 spiro atoms. The molecule has 3 aromatic carbocycles. The van der Waals surface area contributed by atoms with Gasteiger partial charge >= 0.3 is 12.0 Å². The van der Waals surface area contributed by atoms with Gasteiger partial charge < -0.3 is 25.6 Å². The number of nitrogens with two attached hydrogens (primary N) is 1. The molecule has 1 amide bonds. The second kappa shape index (κ2) is 11.0. The zero-order valence-corrected chi connectivity index (χ0v) is 21.9. The number of primary amides is 1. The van der Waals surface area contributed by atoms with Gasteiger partial charge in [0.05, 0.1) is 35.1 Å². The van der Waals surface area contributed by atoms with E-state index in [2.05, 4.69) is 10.3 Å². The maximum Gasteiger partial charge on any atom is 0.336 e. The number of ether oxygens (including phenoxy) is 2. The Morgan fingerprint density at radius 2 is 1.88 bits per heavy atom. The fraction of sp³-hybridized carbons (Fsp3) is 0.167. The second-order valence-electron chi connectivity index (χ2n) is 9.26. The number of halogens is 1. The van der Waals surface area contributed by atoms with E-state index in [1.165, 1.54) is 10.8 Å². The maximum absolute atomic E-state index is 16.0. The van der Waals surface area contributed by atoms with Crippen molar-refractivity contribution < 1.29 is 28.6 Å². The fourth-order valence-corrected chi connectivity index (χ4v) is 4.82. The second-order valence-corrected chi connectivity index (χ2v) is 9.26. The number of nitrogens with one attached hydrogen (secondary N) is 1. The van der Waals surface area contributed by atoms with Crippen molar-refractivity contribution >= 4 is 39.5 Å². The largest absolute Gasteiger partial charge is 0.491 e. The van der Waals surface area contributed by atoms with Crippen LogP contribution in [-0.4, -0.2) is 47.0 Å². The van der Waals surface area contributed by atoms with E-state index >= 15 is 4.39 Å². The Hall–Kier alpha value is -4.96. The van der Waals surface area contributed by atoms with Crippen molar-refractivity contribution in [1.29, 1.82) is 0 Å². The Balaban J connectivity index is 1.58. The molecular formula is C30H27FN4O5. The number of nitrogens with zero attached hydrogens (tertiary/aromatic N) is 2. The van der Waals surface area contributed by atoms with E-state index in [4.69, 9.17) is 15.2 Å². The predicted octanol–water partition coefficient (Wildman–Crippen LogP) is 5.57. The third kappa shape index (κ3) is 4.92. The number of carbonyl (C=O) groups excluding carboxylic acids is 1. The molecule has 5 rings (SSSR count). The monoisotopic (exact) mass is 542 g/mol. The summed E-state index contributed by atoms with van der Waals surface area (Å²) in [5.74, 6) is -1.07. The van der Waals surface area contributed by atoms with Crippen LogP contribution in [0.2, 0.25) is 0 Å². The van der Waals surface area contributed by atoms with Gasteiger partial charge in [0.15, 0.2) is 5.82 Å². The number of fused-ring (bicyclic) bond motifs is 3. The number of aromatic carboxylic acids is 1. The van der Waals surface area contributed by atoms with Gasteiger partial charge in [-0.25, -0.2) is 14.0 Å². The van der Waals surface area contributed by atoms with E-state index < -0.39 is 17.8 Å². The Kier molecular flexibility index (Phi) is 7.35. The Morgan fingerprint density at radius 1 is 1.05 bits per heavy atom. The van der Waals surface area contributed by atoms with Crippen LogP contribution in [0.15, 0.2) is 67.0 Å². The van der Waals surface area contributed by atoms with Gasteiger partial charge in [-0.15, -0.1) is 0 Å². The number of benzene rings is 3. The highest BCUT2D eigenvalue weighted by molar-refractivity contribution is 6.18. The summed E-state index contributed by atoms with van der Waals surface area (Å²) in [5.41, 5.74) is 9.11. The number of methoxy groups -OCH3 is 1. The van der Waals surface area contributed by atoms with Crippen molar-refractivity contribution in [2.24, 2.45) is 5.73 Å². The zero-order valence-electron chi connectivity index (χ0n) is 21.9. The van der Waals surface area contributed by atoms with Gasteiger partial charge in [-0.1, -0.05) is 29.8 Å².